The number of carbonyl (C=O) groups is 1. The lowest BCUT2D eigenvalue weighted by Gasteiger charge is -2.40. The van der Waals surface area contributed by atoms with E-state index in [2.05, 4.69) is 6.07 Å². The summed E-state index contributed by atoms with van der Waals surface area (Å²) >= 11 is 0. The molecular weight excluding hydrogens is 240 g/mol. The largest absolute Gasteiger partial charge is 0.484 e. The third kappa shape index (κ3) is 1.96. The first-order valence-corrected chi connectivity index (χ1v) is 7.20. The lowest BCUT2D eigenvalue weighted by Crippen LogP contribution is -2.48. The zero-order chi connectivity index (χ0) is 12.9. The summed E-state index contributed by atoms with van der Waals surface area (Å²) in [6.45, 7) is 1.33. The molecule has 3 heteroatoms. The molecule has 0 bridgehead atoms. The molecule has 1 aliphatic carbocycles. The first-order valence-electron chi connectivity index (χ1n) is 7.20. The maximum atomic E-state index is 12.4. The van der Waals surface area contributed by atoms with Gasteiger partial charge in [-0.25, -0.2) is 0 Å². The van der Waals surface area contributed by atoms with Crippen LogP contribution >= 0.6 is 0 Å². The summed E-state index contributed by atoms with van der Waals surface area (Å²) in [5, 5.41) is 0. The molecule has 4 rings (SSSR count). The predicted molar refractivity (Wildman–Crippen MR) is 70.8 cm³/mol. The number of rotatable bonds is 1. The number of hydrogen-bond acceptors (Lipinski definition) is 3. The fourth-order valence-electron chi connectivity index (χ4n) is 3.23. The average molecular weight is 258 g/mol. The SMILES string of the molecule is O=C1CC2(CCCOC2)Oc2ccc(C3CC3)cc21. The number of Topliss-reactive ketones (excluding diaryl/α,β-unsaturated/α-hetero) is 1. The van der Waals surface area contributed by atoms with Crippen LogP contribution in [-0.4, -0.2) is 24.6 Å². The van der Waals surface area contributed by atoms with Gasteiger partial charge in [0.05, 0.1) is 18.6 Å². The summed E-state index contributed by atoms with van der Waals surface area (Å²) in [4.78, 5) is 12.4. The Morgan fingerprint density at radius 2 is 2.16 bits per heavy atom. The van der Waals surface area contributed by atoms with E-state index in [1.165, 1.54) is 18.4 Å². The van der Waals surface area contributed by atoms with Crippen molar-refractivity contribution in [3.05, 3.63) is 29.3 Å². The molecule has 100 valence electrons. The van der Waals surface area contributed by atoms with Gasteiger partial charge in [0.25, 0.3) is 0 Å². The summed E-state index contributed by atoms with van der Waals surface area (Å²) in [7, 11) is 0. The second-order valence-electron chi connectivity index (χ2n) is 6.07. The van der Waals surface area contributed by atoms with E-state index in [1.54, 1.807) is 0 Å². The highest BCUT2D eigenvalue weighted by molar-refractivity contribution is 6.00. The van der Waals surface area contributed by atoms with Crippen LogP contribution in [0.15, 0.2) is 18.2 Å². The Balaban J connectivity index is 1.68. The van der Waals surface area contributed by atoms with E-state index in [1.807, 2.05) is 12.1 Å². The monoisotopic (exact) mass is 258 g/mol. The van der Waals surface area contributed by atoms with Gasteiger partial charge in [-0.3, -0.25) is 4.79 Å². The van der Waals surface area contributed by atoms with E-state index in [4.69, 9.17) is 9.47 Å². The van der Waals surface area contributed by atoms with E-state index in [-0.39, 0.29) is 5.78 Å². The van der Waals surface area contributed by atoms with Crippen molar-refractivity contribution in [3.8, 4) is 5.75 Å². The minimum absolute atomic E-state index is 0.217. The van der Waals surface area contributed by atoms with Crippen LogP contribution < -0.4 is 4.74 Å². The molecule has 1 unspecified atom stereocenters. The van der Waals surface area contributed by atoms with Gasteiger partial charge in [-0.05, 0) is 49.3 Å². The van der Waals surface area contributed by atoms with Gasteiger partial charge in [0.15, 0.2) is 5.78 Å². The van der Waals surface area contributed by atoms with Crippen molar-refractivity contribution >= 4 is 5.78 Å². The summed E-state index contributed by atoms with van der Waals surface area (Å²) in [5.41, 5.74) is 1.68. The fourth-order valence-corrected chi connectivity index (χ4v) is 3.23. The van der Waals surface area contributed by atoms with E-state index >= 15 is 0 Å². The number of ketones is 1. The van der Waals surface area contributed by atoms with Crippen molar-refractivity contribution in [2.45, 2.75) is 43.6 Å². The van der Waals surface area contributed by atoms with Crippen LogP contribution in [-0.2, 0) is 4.74 Å². The van der Waals surface area contributed by atoms with E-state index in [0.29, 0.717) is 18.9 Å². The first kappa shape index (κ1) is 11.5. The molecule has 0 radical (unpaired) electrons. The van der Waals surface area contributed by atoms with Gasteiger partial charge in [-0.2, -0.15) is 0 Å². The second-order valence-corrected chi connectivity index (χ2v) is 6.07. The van der Waals surface area contributed by atoms with Crippen molar-refractivity contribution < 1.29 is 14.3 Å². The molecule has 1 atom stereocenters. The Morgan fingerprint density at radius 3 is 2.89 bits per heavy atom. The van der Waals surface area contributed by atoms with Gasteiger partial charge < -0.3 is 9.47 Å². The van der Waals surface area contributed by atoms with E-state index in [0.717, 1.165) is 30.8 Å². The molecule has 2 heterocycles. The maximum absolute atomic E-state index is 12.4. The van der Waals surface area contributed by atoms with Gasteiger partial charge in [0.1, 0.15) is 11.4 Å². The third-order valence-corrected chi connectivity index (χ3v) is 4.45. The van der Waals surface area contributed by atoms with Crippen LogP contribution in [0.3, 0.4) is 0 Å². The van der Waals surface area contributed by atoms with Gasteiger partial charge in [0, 0.05) is 6.61 Å². The van der Waals surface area contributed by atoms with Gasteiger partial charge in [-0.15, -0.1) is 0 Å². The average Bonchev–Trinajstić information content (AvgIpc) is 3.24. The molecule has 1 aromatic carbocycles. The van der Waals surface area contributed by atoms with Crippen LogP contribution in [0.4, 0.5) is 0 Å². The summed E-state index contributed by atoms with van der Waals surface area (Å²) in [5.74, 6) is 1.65. The summed E-state index contributed by atoms with van der Waals surface area (Å²) < 4.78 is 11.7. The highest BCUT2D eigenvalue weighted by Crippen LogP contribution is 2.44. The molecule has 2 aliphatic heterocycles. The fraction of sp³-hybridized carbons (Fsp3) is 0.562. The van der Waals surface area contributed by atoms with Gasteiger partial charge in [0.2, 0.25) is 0 Å². The standard InChI is InChI=1S/C16H18O3/c17-14-9-16(6-1-7-18-10-16)19-15-5-4-12(8-13(14)15)11-2-3-11/h4-5,8,11H,1-3,6-7,9-10H2. The Hall–Kier alpha value is -1.35. The zero-order valence-electron chi connectivity index (χ0n) is 11.0. The Kier molecular flexibility index (Phi) is 2.46. The molecule has 0 N–H and O–H groups in total. The van der Waals surface area contributed by atoms with Gasteiger partial charge >= 0.3 is 0 Å². The Labute approximate surface area is 112 Å². The number of hydrogen-bond donors (Lipinski definition) is 0. The second kappa shape index (κ2) is 4.07. The predicted octanol–water partition coefficient (Wildman–Crippen LogP) is 3.08. The molecule has 1 saturated carbocycles. The maximum Gasteiger partial charge on any atom is 0.170 e. The van der Waals surface area contributed by atoms with E-state index < -0.39 is 5.60 Å². The molecule has 1 aromatic rings. The number of benzene rings is 1. The number of ether oxygens (including phenoxy) is 2. The summed E-state index contributed by atoms with van der Waals surface area (Å²) in [6, 6.07) is 6.15. The smallest absolute Gasteiger partial charge is 0.170 e. The normalized spacial score (nSPS) is 30.0. The molecule has 19 heavy (non-hydrogen) atoms. The quantitative estimate of drug-likeness (QED) is 0.776. The van der Waals surface area contributed by atoms with Crippen LogP contribution in [0.5, 0.6) is 5.75 Å². The van der Waals surface area contributed by atoms with Crippen molar-refractivity contribution in [2.75, 3.05) is 13.2 Å². The van der Waals surface area contributed by atoms with Crippen LogP contribution in [0.2, 0.25) is 0 Å². The minimum atomic E-state index is -0.399. The van der Waals surface area contributed by atoms with Crippen molar-refractivity contribution in [2.24, 2.45) is 0 Å². The Morgan fingerprint density at radius 1 is 1.26 bits per heavy atom. The van der Waals surface area contributed by atoms with Gasteiger partial charge in [-0.1, -0.05) is 6.07 Å². The minimum Gasteiger partial charge on any atom is -0.484 e. The molecule has 1 spiro atoms. The molecular formula is C16H18O3. The lowest BCUT2D eigenvalue weighted by molar-refractivity contribution is -0.0715. The topological polar surface area (TPSA) is 35.5 Å². The van der Waals surface area contributed by atoms with Crippen LogP contribution in [0.25, 0.3) is 0 Å². The molecule has 1 saturated heterocycles. The number of carbonyl (C=O) groups excluding carboxylic acids is 1. The highest BCUT2D eigenvalue weighted by Gasteiger charge is 2.42. The Bertz CT molecular complexity index is 525. The van der Waals surface area contributed by atoms with Crippen molar-refractivity contribution in [3.63, 3.8) is 0 Å². The first-order chi connectivity index (χ1) is 9.26. The van der Waals surface area contributed by atoms with Crippen LogP contribution in [0.1, 0.15) is 53.9 Å². The highest BCUT2D eigenvalue weighted by atomic mass is 16.5. The van der Waals surface area contributed by atoms with Crippen LogP contribution in [0, 0.1) is 0 Å². The third-order valence-electron chi connectivity index (χ3n) is 4.45. The molecule has 3 aliphatic rings. The van der Waals surface area contributed by atoms with Crippen molar-refractivity contribution in [1.29, 1.82) is 0 Å². The number of fused-ring (bicyclic) bond motifs is 1. The molecule has 2 fully saturated rings. The summed E-state index contributed by atoms with van der Waals surface area (Å²) in [6.07, 6.45) is 4.87. The molecule has 3 nitrogen and oxygen atoms in total. The molecule has 0 aromatic heterocycles. The molecule has 0 amide bonds. The van der Waals surface area contributed by atoms with E-state index in [9.17, 15) is 4.79 Å². The lowest BCUT2D eigenvalue weighted by atomic mass is 9.85. The van der Waals surface area contributed by atoms with Crippen molar-refractivity contribution in [1.82, 2.24) is 0 Å². The zero-order valence-corrected chi connectivity index (χ0v) is 11.0.